The van der Waals surface area contributed by atoms with Gasteiger partial charge in [-0.3, -0.25) is 9.80 Å². The predicted molar refractivity (Wildman–Crippen MR) is 66.3 cm³/mol. The molecule has 1 fully saturated rings. The van der Waals surface area contributed by atoms with Gasteiger partial charge in [0, 0.05) is 12.1 Å². The quantitative estimate of drug-likeness (QED) is 0.608. The van der Waals surface area contributed by atoms with Gasteiger partial charge in [0.15, 0.2) is 0 Å². The smallest absolute Gasteiger partial charge is 0.0922 e. The molecule has 15 heavy (non-hydrogen) atoms. The van der Waals surface area contributed by atoms with Crippen LogP contribution < -0.4 is 0 Å². The molecule has 1 rings (SSSR count). The highest BCUT2D eigenvalue weighted by Gasteiger charge is 2.47. The first-order chi connectivity index (χ1) is 6.55. The van der Waals surface area contributed by atoms with E-state index < -0.39 is 0 Å². The van der Waals surface area contributed by atoms with E-state index in [1.165, 1.54) is 0 Å². The summed E-state index contributed by atoms with van der Waals surface area (Å²) in [6, 6.07) is 1.17. The first-order valence-corrected chi connectivity index (χ1v) is 5.84. The maximum absolute atomic E-state index is 2.37. The molecule has 0 amide bonds. The van der Waals surface area contributed by atoms with Crippen LogP contribution in [0.1, 0.15) is 41.5 Å². The molecule has 1 aliphatic rings. The number of likely N-dealkylation sites (N-methyl/N-ethyl adjacent to an activating group) is 2. The molecule has 1 radical (unpaired) electrons. The Morgan fingerprint density at radius 3 is 1.20 bits per heavy atom. The molecule has 1 saturated heterocycles. The first kappa shape index (κ1) is 13.0. The molecule has 0 unspecified atom stereocenters. The van der Waals surface area contributed by atoms with Crippen LogP contribution in [0.25, 0.3) is 0 Å². The van der Waals surface area contributed by atoms with Crippen LogP contribution in [0.4, 0.5) is 0 Å². The van der Waals surface area contributed by atoms with Crippen LogP contribution >= 0.6 is 0 Å². The van der Waals surface area contributed by atoms with E-state index in [4.69, 9.17) is 0 Å². The second-order valence-electron chi connectivity index (χ2n) is 7.07. The summed E-state index contributed by atoms with van der Waals surface area (Å²) in [7, 11) is 4.39. The number of hydrogen-bond acceptors (Lipinski definition) is 2. The highest BCUT2D eigenvalue weighted by Crippen LogP contribution is 2.41. The van der Waals surface area contributed by atoms with Crippen LogP contribution in [0, 0.1) is 17.5 Å². The van der Waals surface area contributed by atoms with Crippen LogP contribution in [0.5, 0.6) is 0 Å². The third-order valence-electron chi connectivity index (χ3n) is 3.32. The average molecular weight is 211 g/mol. The zero-order valence-corrected chi connectivity index (χ0v) is 11.6. The Bertz CT molecular complexity index is 198. The van der Waals surface area contributed by atoms with Gasteiger partial charge in [-0.15, -0.1) is 0 Å². The van der Waals surface area contributed by atoms with Gasteiger partial charge < -0.3 is 0 Å². The summed E-state index contributed by atoms with van der Waals surface area (Å²) in [5, 5.41) is 0. The van der Waals surface area contributed by atoms with Crippen molar-refractivity contribution in [2.45, 2.75) is 53.6 Å². The summed E-state index contributed by atoms with van der Waals surface area (Å²) >= 11 is 0. The summed E-state index contributed by atoms with van der Waals surface area (Å²) in [4.78, 5) is 4.74. The first-order valence-electron chi connectivity index (χ1n) is 5.84. The molecule has 2 atom stereocenters. The minimum Gasteiger partial charge on any atom is -0.283 e. The van der Waals surface area contributed by atoms with Gasteiger partial charge in [0.1, 0.15) is 0 Å². The SMILES string of the molecule is CN1[CH]N(C)[C@H](C(C)(C)C)[C@H]1C(C)(C)C. The molecule has 0 saturated carbocycles. The lowest BCUT2D eigenvalue weighted by molar-refractivity contribution is 0.0926. The fourth-order valence-corrected chi connectivity index (χ4v) is 3.05. The summed E-state index contributed by atoms with van der Waals surface area (Å²) < 4.78 is 0. The third-order valence-corrected chi connectivity index (χ3v) is 3.32. The van der Waals surface area contributed by atoms with Crippen molar-refractivity contribution < 1.29 is 0 Å². The van der Waals surface area contributed by atoms with Crippen LogP contribution in [0.2, 0.25) is 0 Å². The minimum atomic E-state index is 0.313. The summed E-state index contributed by atoms with van der Waals surface area (Å²) in [5.41, 5.74) is 0.627. The Labute approximate surface area is 95.6 Å². The van der Waals surface area contributed by atoms with E-state index in [0.717, 1.165) is 0 Å². The number of nitrogens with zero attached hydrogens (tertiary/aromatic N) is 2. The van der Waals surface area contributed by atoms with Crippen molar-refractivity contribution in [3.05, 3.63) is 6.67 Å². The van der Waals surface area contributed by atoms with Crippen molar-refractivity contribution in [2.24, 2.45) is 10.8 Å². The highest BCUT2D eigenvalue weighted by atomic mass is 15.4. The molecule has 0 aromatic carbocycles. The lowest BCUT2D eigenvalue weighted by Crippen LogP contribution is -2.50. The number of hydrogen-bond donors (Lipinski definition) is 0. The van der Waals surface area contributed by atoms with Crippen molar-refractivity contribution in [1.82, 2.24) is 9.80 Å². The normalized spacial score (nSPS) is 31.2. The van der Waals surface area contributed by atoms with Gasteiger partial charge >= 0.3 is 0 Å². The zero-order chi connectivity index (χ0) is 12.0. The molecule has 1 aliphatic heterocycles. The molecular formula is C13H27N2. The van der Waals surface area contributed by atoms with Crippen molar-refractivity contribution >= 4 is 0 Å². The van der Waals surface area contributed by atoms with Gasteiger partial charge in [-0.25, -0.2) is 0 Å². The van der Waals surface area contributed by atoms with Gasteiger partial charge in [0.2, 0.25) is 0 Å². The van der Waals surface area contributed by atoms with Crippen LogP contribution in [-0.4, -0.2) is 36.0 Å². The second-order valence-corrected chi connectivity index (χ2v) is 7.07. The second kappa shape index (κ2) is 3.74. The van der Waals surface area contributed by atoms with Gasteiger partial charge in [-0.2, -0.15) is 0 Å². The van der Waals surface area contributed by atoms with Crippen molar-refractivity contribution in [2.75, 3.05) is 14.1 Å². The molecule has 0 aliphatic carbocycles. The summed E-state index contributed by atoms with van der Waals surface area (Å²) in [6.07, 6.45) is 0. The van der Waals surface area contributed by atoms with Crippen molar-refractivity contribution in [3.63, 3.8) is 0 Å². The maximum atomic E-state index is 2.37. The zero-order valence-electron chi connectivity index (χ0n) is 11.6. The molecule has 0 bridgehead atoms. The molecule has 0 aromatic rings. The number of rotatable bonds is 0. The Morgan fingerprint density at radius 1 is 0.733 bits per heavy atom. The van der Waals surface area contributed by atoms with Crippen molar-refractivity contribution in [3.8, 4) is 0 Å². The van der Waals surface area contributed by atoms with Gasteiger partial charge in [-0.05, 0) is 24.9 Å². The Morgan fingerprint density at radius 2 is 1.00 bits per heavy atom. The lowest BCUT2D eigenvalue weighted by Gasteiger charge is -2.42. The van der Waals surface area contributed by atoms with E-state index in [1.54, 1.807) is 0 Å². The fourth-order valence-electron chi connectivity index (χ4n) is 3.05. The Balaban J connectivity index is 3.01. The lowest BCUT2D eigenvalue weighted by atomic mass is 9.73. The Kier molecular flexibility index (Phi) is 3.24. The van der Waals surface area contributed by atoms with Crippen LogP contribution in [0.15, 0.2) is 0 Å². The van der Waals surface area contributed by atoms with E-state index in [2.05, 4.69) is 72.1 Å². The monoisotopic (exact) mass is 211 g/mol. The molecule has 1 heterocycles. The van der Waals surface area contributed by atoms with Gasteiger partial charge in [0.05, 0.1) is 6.67 Å². The van der Waals surface area contributed by atoms with E-state index in [9.17, 15) is 0 Å². The summed E-state index contributed by atoms with van der Waals surface area (Å²) in [6.45, 7) is 16.2. The Hall–Kier alpha value is -0.0800. The molecule has 2 heteroatoms. The van der Waals surface area contributed by atoms with Crippen LogP contribution in [-0.2, 0) is 0 Å². The van der Waals surface area contributed by atoms with Gasteiger partial charge in [-0.1, -0.05) is 41.5 Å². The summed E-state index contributed by atoms with van der Waals surface area (Å²) in [5.74, 6) is 0. The van der Waals surface area contributed by atoms with Crippen LogP contribution in [0.3, 0.4) is 0 Å². The largest absolute Gasteiger partial charge is 0.283 e. The molecular weight excluding hydrogens is 184 g/mol. The topological polar surface area (TPSA) is 6.48 Å². The molecule has 0 spiro atoms. The highest BCUT2D eigenvalue weighted by molar-refractivity contribution is 5.05. The molecule has 2 nitrogen and oxygen atoms in total. The van der Waals surface area contributed by atoms with Crippen molar-refractivity contribution in [1.29, 1.82) is 0 Å². The predicted octanol–water partition coefficient (Wildman–Crippen LogP) is 2.81. The third kappa shape index (κ3) is 2.54. The standard InChI is InChI=1S/C13H27N2/c1-12(2,3)10-11(13(4,5)6)15(8)9-14(10)7/h9-11H,1-8H3/t10-,11-/m0/s1. The van der Waals surface area contributed by atoms with E-state index in [-0.39, 0.29) is 0 Å². The van der Waals surface area contributed by atoms with Gasteiger partial charge in [0.25, 0.3) is 0 Å². The maximum Gasteiger partial charge on any atom is 0.0922 e. The molecule has 0 N–H and O–H groups in total. The van der Waals surface area contributed by atoms with E-state index in [1.807, 2.05) is 0 Å². The average Bonchev–Trinajstić information content (AvgIpc) is 2.22. The van der Waals surface area contributed by atoms with E-state index in [0.29, 0.717) is 22.9 Å². The molecule has 0 aromatic heterocycles. The molecule has 89 valence electrons. The fraction of sp³-hybridized carbons (Fsp3) is 0.923. The minimum absolute atomic E-state index is 0.313. The van der Waals surface area contributed by atoms with E-state index >= 15 is 0 Å².